The molecule has 0 aliphatic rings. The molecule has 0 saturated heterocycles. The van der Waals surface area contributed by atoms with E-state index in [2.05, 4.69) is 4.98 Å². The number of aromatic nitrogens is 1. The molecule has 2 N–H and O–H groups in total. The fourth-order valence-corrected chi connectivity index (χ4v) is 2.04. The zero-order valence-corrected chi connectivity index (χ0v) is 12.3. The standard InChI is InChI=1S/C16H20N2O3/c1-19-14-7-3-5-12(9-10-17)16(14)21-11-13-6-4-8-15(18-13)20-2/h3-8H,9-11,17H2,1-2H3. The van der Waals surface area contributed by atoms with Gasteiger partial charge in [0.05, 0.1) is 19.9 Å². The lowest BCUT2D eigenvalue weighted by molar-refractivity contribution is 0.275. The van der Waals surface area contributed by atoms with Gasteiger partial charge in [-0.05, 0) is 30.7 Å². The fraction of sp³-hybridized carbons (Fsp3) is 0.312. The molecule has 0 spiro atoms. The maximum atomic E-state index is 5.90. The monoisotopic (exact) mass is 288 g/mol. The number of hydrogen-bond acceptors (Lipinski definition) is 5. The van der Waals surface area contributed by atoms with Gasteiger partial charge in [0.25, 0.3) is 0 Å². The lowest BCUT2D eigenvalue weighted by Crippen LogP contribution is -2.07. The van der Waals surface area contributed by atoms with Crippen LogP contribution in [0.5, 0.6) is 17.4 Å². The zero-order chi connectivity index (χ0) is 15.1. The van der Waals surface area contributed by atoms with Crippen LogP contribution in [-0.4, -0.2) is 25.7 Å². The Morgan fingerprint density at radius 2 is 1.86 bits per heavy atom. The molecule has 2 aromatic rings. The summed E-state index contributed by atoms with van der Waals surface area (Å²) in [6.45, 7) is 0.899. The summed E-state index contributed by atoms with van der Waals surface area (Å²) in [6.07, 6.45) is 0.734. The Bertz CT molecular complexity index is 587. The Morgan fingerprint density at radius 1 is 1.05 bits per heavy atom. The molecule has 1 aromatic carbocycles. The van der Waals surface area contributed by atoms with Gasteiger partial charge in [0.1, 0.15) is 6.61 Å². The fourth-order valence-electron chi connectivity index (χ4n) is 2.04. The van der Waals surface area contributed by atoms with Crippen molar-refractivity contribution < 1.29 is 14.2 Å². The Balaban J connectivity index is 2.18. The molecule has 0 aliphatic carbocycles. The second kappa shape index (κ2) is 7.50. The number of ether oxygens (including phenoxy) is 3. The predicted octanol–water partition coefficient (Wildman–Crippen LogP) is 2.18. The van der Waals surface area contributed by atoms with Crippen molar-refractivity contribution in [3.05, 3.63) is 47.7 Å². The summed E-state index contributed by atoms with van der Waals surface area (Å²) in [5, 5.41) is 0. The smallest absolute Gasteiger partial charge is 0.213 e. The van der Waals surface area contributed by atoms with E-state index >= 15 is 0 Å². The van der Waals surface area contributed by atoms with Crippen LogP contribution >= 0.6 is 0 Å². The molecule has 5 nitrogen and oxygen atoms in total. The van der Waals surface area contributed by atoms with Crippen molar-refractivity contribution in [3.8, 4) is 17.4 Å². The highest BCUT2D eigenvalue weighted by Gasteiger charge is 2.10. The molecule has 21 heavy (non-hydrogen) atoms. The van der Waals surface area contributed by atoms with E-state index in [0.717, 1.165) is 23.4 Å². The number of benzene rings is 1. The Hall–Kier alpha value is -2.27. The van der Waals surface area contributed by atoms with Crippen molar-refractivity contribution in [1.29, 1.82) is 0 Å². The lowest BCUT2D eigenvalue weighted by Gasteiger charge is -2.14. The summed E-state index contributed by atoms with van der Waals surface area (Å²) in [5.74, 6) is 1.98. The number of hydrogen-bond donors (Lipinski definition) is 1. The number of methoxy groups -OCH3 is 2. The van der Waals surface area contributed by atoms with E-state index in [1.54, 1.807) is 20.3 Å². The number of nitrogens with two attached hydrogens (primary N) is 1. The van der Waals surface area contributed by atoms with Gasteiger partial charge < -0.3 is 19.9 Å². The Kier molecular flexibility index (Phi) is 5.40. The van der Waals surface area contributed by atoms with E-state index in [4.69, 9.17) is 19.9 Å². The summed E-state index contributed by atoms with van der Waals surface area (Å²) in [6, 6.07) is 11.4. The molecular formula is C16H20N2O3. The number of pyridine rings is 1. The molecule has 112 valence electrons. The highest BCUT2D eigenvalue weighted by molar-refractivity contribution is 5.46. The van der Waals surface area contributed by atoms with Crippen molar-refractivity contribution in [2.45, 2.75) is 13.0 Å². The molecule has 0 fully saturated rings. The van der Waals surface area contributed by atoms with Crippen LogP contribution < -0.4 is 19.9 Å². The normalized spacial score (nSPS) is 10.2. The average Bonchev–Trinajstić information content (AvgIpc) is 2.54. The summed E-state index contributed by atoms with van der Waals surface area (Å²) in [5.41, 5.74) is 7.46. The number of para-hydroxylation sites is 1. The summed E-state index contributed by atoms with van der Waals surface area (Å²) in [7, 11) is 3.21. The largest absolute Gasteiger partial charge is 0.493 e. The van der Waals surface area contributed by atoms with Gasteiger partial charge >= 0.3 is 0 Å². The molecule has 0 aliphatic heterocycles. The van der Waals surface area contributed by atoms with Crippen LogP contribution in [0.4, 0.5) is 0 Å². The van der Waals surface area contributed by atoms with Crippen molar-refractivity contribution >= 4 is 0 Å². The molecule has 0 amide bonds. The molecule has 1 aromatic heterocycles. The molecule has 1 heterocycles. The molecule has 0 unspecified atom stereocenters. The van der Waals surface area contributed by atoms with E-state index in [9.17, 15) is 0 Å². The van der Waals surface area contributed by atoms with Crippen LogP contribution in [0.25, 0.3) is 0 Å². The third-order valence-corrected chi connectivity index (χ3v) is 3.05. The van der Waals surface area contributed by atoms with Gasteiger partial charge in [0, 0.05) is 6.07 Å². The maximum absolute atomic E-state index is 5.90. The first-order chi connectivity index (χ1) is 10.3. The first-order valence-electron chi connectivity index (χ1n) is 6.77. The van der Waals surface area contributed by atoms with E-state index < -0.39 is 0 Å². The van der Waals surface area contributed by atoms with Crippen molar-refractivity contribution in [2.75, 3.05) is 20.8 Å². The molecule has 5 heteroatoms. The second-order valence-electron chi connectivity index (χ2n) is 4.45. The zero-order valence-electron chi connectivity index (χ0n) is 12.3. The minimum Gasteiger partial charge on any atom is -0.493 e. The first kappa shape index (κ1) is 15.1. The Labute approximate surface area is 124 Å². The molecular weight excluding hydrogens is 268 g/mol. The quantitative estimate of drug-likeness (QED) is 0.846. The first-order valence-corrected chi connectivity index (χ1v) is 6.77. The maximum Gasteiger partial charge on any atom is 0.213 e. The molecule has 0 saturated carbocycles. The van der Waals surface area contributed by atoms with E-state index in [1.807, 2.05) is 30.3 Å². The van der Waals surface area contributed by atoms with Crippen LogP contribution in [0.1, 0.15) is 11.3 Å². The Morgan fingerprint density at radius 3 is 2.57 bits per heavy atom. The van der Waals surface area contributed by atoms with Gasteiger partial charge in [-0.1, -0.05) is 18.2 Å². The molecule has 0 radical (unpaired) electrons. The minimum atomic E-state index is 0.342. The van der Waals surface area contributed by atoms with Gasteiger partial charge in [-0.25, -0.2) is 4.98 Å². The van der Waals surface area contributed by atoms with Gasteiger partial charge in [-0.2, -0.15) is 0 Å². The van der Waals surface area contributed by atoms with Crippen LogP contribution in [0.15, 0.2) is 36.4 Å². The van der Waals surface area contributed by atoms with Crippen molar-refractivity contribution in [3.63, 3.8) is 0 Å². The third-order valence-electron chi connectivity index (χ3n) is 3.05. The van der Waals surface area contributed by atoms with Crippen LogP contribution in [0, 0.1) is 0 Å². The molecule has 0 bridgehead atoms. The number of nitrogens with zero attached hydrogens (tertiary/aromatic N) is 1. The summed E-state index contributed by atoms with van der Waals surface area (Å²) in [4.78, 5) is 4.32. The van der Waals surface area contributed by atoms with E-state index in [1.165, 1.54) is 0 Å². The number of rotatable bonds is 7. The van der Waals surface area contributed by atoms with Gasteiger partial charge in [-0.3, -0.25) is 0 Å². The molecule has 2 rings (SSSR count). The average molecular weight is 288 g/mol. The SMILES string of the molecule is COc1cccc(COc2c(CCN)cccc2OC)n1. The summed E-state index contributed by atoms with van der Waals surface area (Å²) < 4.78 is 16.4. The van der Waals surface area contributed by atoms with Crippen molar-refractivity contribution in [2.24, 2.45) is 5.73 Å². The topological polar surface area (TPSA) is 66.6 Å². The van der Waals surface area contributed by atoms with Crippen LogP contribution in [-0.2, 0) is 13.0 Å². The predicted molar refractivity (Wildman–Crippen MR) is 80.9 cm³/mol. The van der Waals surface area contributed by atoms with Gasteiger partial charge in [0.15, 0.2) is 11.5 Å². The lowest BCUT2D eigenvalue weighted by atomic mass is 10.1. The third kappa shape index (κ3) is 3.86. The van der Waals surface area contributed by atoms with Crippen LogP contribution in [0.2, 0.25) is 0 Å². The van der Waals surface area contributed by atoms with Gasteiger partial charge in [-0.15, -0.1) is 0 Å². The van der Waals surface area contributed by atoms with Gasteiger partial charge in [0.2, 0.25) is 5.88 Å². The summed E-state index contributed by atoms with van der Waals surface area (Å²) >= 11 is 0. The second-order valence-corrected chi connectivity index (χ2v) is 4.45. The van der Waals surface area contributed by atoms with Crippen LogP contribution in [0.3, 0.4) is 0 Å². The van der Waals surface area contributed by atoms with E-state index in [-0.39, 0.29) is 0 Å². The highest BCUT2D eigenvalue weighted by atomic mass is 16.5. The molecule has 0 atom stereocenters. The highest BCUT2D eigenvalue weighted by Crippen LogP contribution is 2.32. The van der Waals surface area contributed by atoms with E-state index in [0.29, 0.717) is 24.8 Å². The minimum absolute atomic E-state index is 0.342. The van der Waals surface area contributed by atoms with Crippen molar-refractivity contribution in [1.82, 2.24) is 4.98 Å².